The van der Waals surface area contributed by atoms with E-state index in [9.17, 15) is 14.7 Å². The van der Waals surface area contributed by atoms with Gasteiger partial charge in [-0.3, -0.25) is 9.36 Å². The molecular formula is C17H23N6O5P. The van der Waals surface area contributed by atoms with Crippen molar-refractivity contribution >= 4 is 27.2 Å². The molecule has 2 aromatic heterocycles. The zero-order valence-electron chi connectivity index (χ0n) is 16.4. The molecule has 0 saturated carbocycles. The van der Waals surface area contributed by atoms with Gasteiger partial charge in [-0.15, -0.1) is 0 Å². The fourth-order valence-corrected chi connectivity index (χ4v) is 3.09. The van der Waals surface area contributed by atoms with Gasteiger partial charge in [0.15, 0.2) is 0 Å². The molecule has 4 unspecified atom stereocenters. The molecule has 2 aromatic rings. The van der Waals surface area contributed by atoms with Crippen molar-refractivity contribution in [2.75, 3.05) is 18.9 Å². The lowest BCUT2D eigenvalue weighted by molar-refractivity contribution is -0.120. The minimum atomic E-state index is -0.820. The first-order valence-electron chi connectivity index (χ1n) is 9.39. The number of H-pyrrole nitrogens is 1. The molecule has 0 radical (unpaired) electrons. The standard InChI is InChI=1S/C17H23N6O5P/c18-16-10(2-1-3-20-14(25)4-11-6-19-9-21-11)7-23(17(26)22-16)15-5-12(24)13(28-15)8-27-29/h1-2,6-7,9,12-13,15,24H,3-5,8,29H2,(H,19,21)(H,20,25)(H2,18,22,26)/b2-1+/i29T. The van der Waals surface area contributed by atoms with Crippen LogP contribution >= 0.6 is 9.41 Å². The molecule has 1 fully saturated rings. The molecule has 29 heavy (non-hydrogen) atoms. The summed E-state index contributed by atoms with van der Waals surface area (Å²) in [4.78, 5) is 34.6. The predicted octanol–water partition coefficient (Wildman–Crippen LogP) is -0.624. The third-order valence-corrected chi connectivity index (χ3v) is 4.56. The topological polar surface area (TPSA) is 157 Å². The Kier molecular flexibility index (Phi) is 6.63. The first-order chi connectivity index (χ1) is 14.5. The van der Waals surface area contributed by atoms with Crippen molar-refractivity contribution in [3.63, 3.8) is 0 Å². The lowest BCUT2D eigenvalue weighted by Gasteiger charge is -2.16. The third-order valence-electron chi connectivity index (χ3n) is 4.39. The highest BCUT2D eigenvalue weighted by Gasteiger charge is 2.35. The highest BCUT2D eigenvalue weighted by Crippen LogP contribution is 2.28. The lowest BCUT2D eigenvalue weighted by Crippen LogP contribution is -2.29. The molecule has 1 aliphatic rings. The number of hydrogen-bond donors (Lipinski definition) is 4. The number of imidazole rings is 1. The maximum absolute atomic E-state index is 12.2. The smallest absolute Gasteiger partial charge is 0.351 e. The minimum Gasteiger partial charge on any atom is -0.390 e. The van der Waals surface area contributed by atoms with Crippen molar-refractivity contribution in [2.45, 2.75) is 31.3 Å². The second-order valence-corrected chi connectivity index (χ2v) is 6.76. The van der Waals surface area contributed by atoms with E-state index in [4.69, 9.17) is 16.3 Å². The van der Waals surface area contributed by atoms with Crippen LogP contribution in [-0.2, 0) is 20.5 Å². The van der Waals surface area contributed by atoms with E-state index in [1.165, 1.54) is 17.1 Å². The number of nitrogens with one attached hydrogen (secondary N) is 2. The summed E-state index contributed by atoms with van der Waals surface area (Å²) in [5, 5.41) is 12.8. The molecule has 0 bridgehead atoms. The number of amides is 1. The summed E-state index contributed by atoms with van der Waals surface area (Å²) in [6, 6.07) is 0. The van der Waals surface area contributed by atoms with Crippen LogP contribution in [0.1, 0.15) is 23.9 Å². The number of aromatic amines is 1. The molecule has 1 amide bonds. The summed E-state index contributed by atoms with van der Waals surface area (Å²) in [6.45, 7) is 0.333. The number of nitrogens with zero attached hydrogens (tertiary/aromatic N) is 3. The van der Waals surface area contributed by atoms with Gasteiger partial charge in [0.2, 0.25) is 5.91 Å². The monoisotopic (exact) mass is 424 g/mol. The lowest BCUT2D eigenvalue weighted by atomic mass is 10.2. The van der Waals surface area contributed by atoms with Crippen molar-refractivity contribution in [1.29, 1.82) is 1.28 Å². The Labute approximate surface area is 169 Å². The van der Waals surface area contributed by atoms with E-state index in [2.05, 4.69) is 20.3 Å². The minimum absolute atomic E-state index is 0.0464. The van der Waals surface area contributed by atoms with Gasteiger partial charge in [0, 0.05) is 46.0 Å². The average Bonchev–Trinajstić information content (AvgIpc) is 3.34. The highest BCUT2D eigenvalue weighted by molar-refractivity contribution is 7.09. The van der Waals surface area contributed by atoms with Gasteiger partial charge in [-0.1, -0.05) is 12.2 Å². The van der Waals surface area contributed by atoms with Crippen molar-refractivity contribution in [1.82, 2.24) is 24.8 Å². The quantitative estimate of drug-likeness (QED) is 0.388. The Bertz CT molecular complexity index is 937. The Morgan fingerprint density at radius 1 is 1.66 bits per heavy atom. The predicted molar refractivity (Wildman–Crippen MR) is 107 cm³/mol. The molecule has 0 aromatic carbocycles. The van der Waals surface area contributed by atoms with E-state index in [0.717, 1.165) is 0 Å². The summed E-state index contributed by atoms with van der Waals surface area (Å²) in [7, 11) is -0.465. The van der Waals surface area contributed by atoms with Crippen molar-refractivity contribution in [3.05, 3.63) is 46.5 Å². The zero-order chi connectivity index (χ0) is 21.5. The molecule has 11 nitrogen and oxygen atoms in total. The normalized spacial score (nSPS) is 22.5. The van der Waals surface area contributed by atoms with Crippen LogP contribution in [0.4, 0.5) is 5.82 Å². The molecule has 5 N–H and O–H groups in total. The van der Waals surface area contributed by atoms with Crippen molar-refractivity contribution in [3.8, 4) is 0 Å². The molecule has 3 rings (SSSR count). The molecular weight excluding hydrogens is 399 g/mol. The fraction of sp³-hybridized carbons (Fsp3) is 0.412. The van der Waals surface area contributed by atoms with Gasteiger partial charge in [0.05, 0.1) is 26.7 Å². The number of hydrogen-bond acceptors (Lipinski definition) is 8. The summed E-state index contributed by atoms with van der Waals surface area (Å²) in [5.74, 6) is -0.125. The summed E-state index contributed by atoms with van der Waals surface area (Å²) in [6.07, 6.45) is 6.13. The third kappa shape index (κ3) is 5.48. The molecule has 1 saturated heterocycles. The second-order valence-electron chi connectivity index (χ2n) is 6.47. The fourth-order valence-electron chi connectivity index (χ4n) is 2.92. The molecule has 156 valence electrons. The Balaban J connectivity index is 1.61. The number of nitrogens with two attached hydrogens (primary N) is 1. The maximum atomic E-state index is 12.2. The van der Waals surface area contributed by atoms with Crippen LogP contribution in [0.5, 0.6) is 0 Å². The van der Waals surface area contributed by atoms with Gasteiger partial charge in [-0.25, -0.2) is 9.78 Å². The van der Waals surface area contributed by atoms with Gasteiger partial charge in [-0.2, -0.15) is 4.98 Å². The van der Waals surface area contributed by atoms with E-state index in [-0.39, 0.29) is 37.7 Å². The first kappa shape index (κ1) is 19.7. The molecule has 4 atom stereocenters. The van der Waals surface area contributed by atoms with Crippen LogP contribution in [0.3, 0.4) is 0 Å². The van der Waals surface area contributed by atoms with Crippen LogP contribution in [0.15, 0.2) is 29.6 Å². The molecule has 0 aliphatic carbocycles. The van der Waals surface area contributed by atoms with Crippen LogP contribution < -0.4 is 16.7 Å². The van der Waals surface area contributed by atoms with Gasteiger partial charge in [0.25, 0.3) is 0 Å². The molecule has 3 heterocycles. The van der Waals surface area contributed by atoms with E-state index >= 15 is 0 Å². The number of rotatable bonds is 9. The summed E-state index contributed by atoms with van der Waals surface area (Å²) < 4.78 is 19.0. The molecule has 12 heteroatoms. The summed E-state index contributed by atoms with van der Waals surface area (Å²) >= 11 is 0. The van der Waals surface area contributed by atoms with Gasteiger partial charge < -0.3 is 30.4 Å². The number of nitrogen functional groups attached to an aromatic ring is 1. The van der Waals surface area contributed by atoms with Gasteiger partial charge >= 0.3 is 5.69 Å². The number of ether oxygens (including phenoxy) is 1. The number of anilines is 1. The van der Waals surface area contributed by atoms with E-state index in [1.54, 1.807) is 18.3 Å². The molecule has 0 spiro atoms. The average molecular weight is 424 g/mol. The SMILES string of the molecule is [3H]POCC1OC(n2cc(/C=C/CNC(=O)Cc3cnc[nH]3)c(N)nc2=O)CC1O. The Hall–Kier alpha value is -2.59. The van der Waals surface area contributed by atoms with Crippen molar-refractivity contribution < 1.29 is 19.2 Å². The van der Waals surface area contributed by atoms with Gasteiger partial charge in [-0.05, 0) is 0 Å². The van der Waals surface area contributed by atoms with Crippen molar-refractivity contribution in [2.24, 2.45) is 0 Å². The van der Waals surface area contributed by atoms with E-state index < -0.39 is 33.5 Å². The second kappa shape index (κ2) is 9.75. The molecule has 1 aliphatic heterocycles. The largest absolute Gasteiger partial charge is 0.390 e. The van der Waals surface area contributed by atoms with Crippen LogP contribution in [0.25, 0.3) is 6.08 Å². The number of aromatic nitrogens is 4. The van der Waals surface area contributed by atoms with Crippen LogP contribution in [0, 0.1) is 0 Å². The number of carbonyl (C=O) groups is 1. The number of aliphatic hydroxyl groups excluding tert-OH is 1. The van der Waals surface area contributed by atoms with E-state index in [0.29, 0.717) is 11.3 Å². The first-order valence-corrected chi connectivity index (χ1v) is 9.30. The van der Waals surface area contributed by atoms with Crippen LogP contribution in [-0.4, -0.2) is 57.2 Å². The number of carbonyl (C=O) groups excluding carboxylic acids is 1. The Morgan fingerprint density at radius 3 is 3.28 bits per heavy atom. The van der Waals surface area contributed by atoms with E-state index in [1.807, 2.05) is 0 Å². The maximum Gasteiger partial charge on any atom is 0.351 e. The van der Waals surface area contributed by atoms with Gasteiger partial charge in [0.1, 0.15) is 18.1 Å². The highest BCUT2D eigenvalue weighted by atomic mass is 31.0. The summed E-state index contributed by atoms with van der Waals surface area (Å²) in [5.41, 5.74) is 6.42. The zero-order valence-corrected chi connectivity index (χ0v) is 16.4. The van der Waals surface area contributed by atoms with Crippen LogP contribution in [0.2, 0.25) is 0 Å². The Morgan fingerprint density at radius 2 is 2.52 bits per heavy atom. The number of aliphatic hydroxyl groups is 1.